The molecule has 0 aliphatic heterocycles. The fourth-order valence-electron chi connectivity index (χ4n) is 1.33. The maximum absolute atomic E-state index is 11.4. The van der Waals surface area contributed by atoms with Crippen molar-refractivity contribution in [2.75, 3.05) is 5.73 Å². The van der Waals surface area contributed by atoms with Crippen LogP contribution in [0.2, 0.25) is 0 Å². The van der Waals surface area contributed by atoms with E-state index in [9.17, 15) is 4.79 Å². The Morgan fingerprint density at radius 2 is 1.75 bits per heavy atom. The Morgan fingerprint density at radius 1 is 1.19 bits per heavy atom. The molecule has 1 aromatic heterocycles. The van der Waals surface area contributed by atoms with Crippen LogP contribution >= 0.6 is 24.8 Å². The van der Waals surface area contributed by atoms with E-state index in [1.165, 1.54) is 4.68 Å². The number of nitrogens with two attached hydrogens (primary N) is 1. The number of nitrogens with one attached hydrogen (secondary N) is 1. The third-order valence-electron chi connectivity index (χ3n) is 2.00. The highest BCUT2D eigenvalue weighted by Crippen LogP contribution is 2.07. The molecule has 2 aromatic rings. The summed E-state index contributed by atoms with van der Waals surface area (Å²) in [6.45, 7) is 1.84. The first kappa shape index (κ1) is 14.6. The van der Waals surface area contributed by atoms with Crippen molar-refractivity contribution in [1.82, 2.24) is 9.78 Å². The molecule has 0 spiro atoms. The van der Waals surface area contributed by atoms with Gasteiger partial charge in [-0.3, -0.25) is 9.89 Å². The predicted molar refractivity (Wildman–Crippen MR) is 70.0 cm³/mol. The van der Waals surface area contributed by atoms with Crippen LogP contribution in [0.4, 0.5) is 5.69 Å². The van der Waals surface area contributed by atoms with Crippen LogP contribution in [0.1, 0.15) is 5.69 Å². The van der Waals surface area contributed by atoms with Gasteiger partial charge in [0, 0.05) is 17.4 Å². The Labute approximate surface area is 105 Å². The number of anilines is 1. The van der Waals surface area contributed by atoms with E-state index in [-0.39, 0.29) is 30.4 Å². The predicted octanol–water partition coefficient (Wildman–Crippen LogP) is 1.90. The first-order valence-corrected chi connectivity index (χ1v) is 4.31. The number of nitrogens with zero attached hydrogens (tertiary/aromatic N) is 1. The average molecular weight is 262 g/mol. The molecule has 0 aliphatic rings. The summed E-state index contributed by atoms with van der Waals surface area (Å²) in [6.07, 6.45) is 0. The van der Waals surface area contributed by atoms with Crippen LogP contribution in [0.25, 0.3) is 5.69 Å². The number of nitrogen functional groups attached to an aromatic ring is 1. The van der Waals surface area contributed by atoms with Crippen LogP contribution in [-0.2, 0) is 0 Å². The van der Waals surface area contributed by atoms with Crippen LogP contribution < -0.4 is 11.3 Å². The zero-order valence-corrected chi connectivity index (χ0v) is 10.3. The Bertz CT molecular complexity index is 502. The van der Waals surface area contributed by atoms with Gasteiger partial charge in [0.25, 0.3) is 5.56 Å². The highest BCUT2D eigenvalue weighted by Gasteiger charge is 2.01. The van der Waals surface area contributed by atoms with E-state index >= 15 is 0 Å². The number of aromatic nitrogens is 2. The fourth-order valence-corrected chi connectivity index (χ4v) is 1.33. The van der Waals surface area contributed by atoms with E-state index in [1.807, 2.05) is 6.92 Å². The molecule has 0 radical (unpaired) electrons. The van der Waals surface area contributed by atoms with Gasteiger partial charge in [0.2, 0.25) is 0 Å². The summed E-state index contributed by atoms with van der Waals surface area (Å²) in [4.78, 5) is 11.4. The normalized spacial score (nSPS) is 9.06. The number of aromatic amines is 1. The number of aryl methyl sites for hydroxylation is 1. The average Bonchev–Trinajstić information content (AvgIpc) is 2.47. The molecule has 88 valence electrons. The second kappa shape index (κ2) is 5.63. The molecule has 0 atom stereocenters. The Hall–Kier alpha value is -1.39. The van der Waals surface area contributed by atoms with Gasteiger partial charge in [-0.05, 0) is 31.2 Å². The summed E-state index contributed by atoms with van der Waals surface area (Å²) in [7, 11) is 0. The number of hydrogen-bond acceptors (Lipinski definition) is 2. The van der Waals surface area contributed by atoms with Crippen molar-refractivity contribution in [3.05, 3.63) is 46.4 Å². The van der Waals surface area contributed by atoms with Gasteiger partial charge in [0.15, 0.2) is 0 Å². The Kier molecular flexibility index (Phi) is 5.14. The van der Waals surface area contributed by atoms with Crippen LogP contribution in [0, 0.1) is 6.92 Å². The molecular formula is C10H13Cl2N3O. The van der Waals surface area contributed by atoms with E-state index < -0.39 is 0 Å². The van der Waals surface area contributed by atoms with Crippen molar-refractivity contribution in [1.29, 1.82) is 0 Å². The lowest BCUT2D eigenvalue weighted by atomic mass is 10.3. The molecule has 0 amide bonds. The van der Waals surface area contributed by atoms with E-state index in [4.69, 9.17) is 5.73 Å². The molecule has 16 heavy (non-hydrogen) atoms. The summed E-state index contributed by atoms with van der Waals surface area (Å²) in [6, 6.07) is 8.67. The number of benzene rings is 1. The summed E-state index contributed by atoms with van der Waals surface area (Å²) < 4.78 is 1.48. The van der Waals surface area contributed by atoms with E-state index in [0.717, 1.165) is 11.4 Å². The van der Waals surface area contributed by atoms with Gasteiger partial charge in [-0.2, -0.15) is 0 Å². The van der Waals surface area contributed by atoms with Gasteiger partial charge in [-0.1, -0.05) is 0 Å². The zero-order chi connectivity index (χ0) is 10.1. The zero-order valence-electron chi connectivity index (χ0n) is 8.64. The molecular weight excluding hydrogens is 249 g/mol. The van der Waals surface area contributed by atoms with Gasteiger partial charge < -0.3 is 5.73 Å². The maximum atomic E-state index is 11.4. The van der Waals surface area contributed by atoms with E-state index in [2.05, 4.69) is 5.10 Å². The van der Waals surface area contributed by atoms with Crippen molar-refractivity contribution < 1.29 is 0 Å². The van der Waals surface area contributed by atoms with Crippen LogP contribution in [0.5, 0.6) is 0 Å². The molecule has 2 rings (SSSR count). The summed E-state index contributed by atoms with van der Waals surface area (Å²) in [5.74, 6) is 0. The lowest BCUT2D eigenvalue weighted by molar-refractivity contribution is 0.835. The standard InChI is InChI=1S/C10H11N3O.2ClH/c1-7-6-10(14)13(12-7)9-4-2-8(11)3-5-9;;/h2-6,12H,11H2,1H3;2*1H. The first-order chi connectivity index (χ1) is 6.66. The molecule has 3 N–H and O–H groups in total. The van der Waals surface area contributed by atoms with Crippen LogP contribution in [0.3, 0.4) is 0 Å². The molecule has 0 saturated carbocycles. The highest BCUT2D eigenvalue weighted by atomic mass is 35.5. The molecule has 0 bridgehead atoms. The second-order valence-corrected chi connectivity index (χ2v) is 3.20. The molecule has 0 saturated heterocycles. The fraction of sp³-hybridized carbons (Fsp3) is 0.100. The number of hydrogen-bond donors (Lipinski definition) is 2. The van der Waals surface area contributed by atoms with E-state index in [0.29, 0.717) is 5.69 Å². The van der Waals surface area contributed by atoms with Crippen molar-refractivity contribution in [2.24, 2.45) is 0 Å². The number of rotatable bonds is 1. The van der Waals surface area contributed by atoms with Gasteiger partial charge in [-0.25, -0.2) is 4.68 Å². The molecule has 0 aliphatic carbocycles. The Balaban J connectivity index is 0.00000112. The smallest absolute Gasteiger partial charge is 0.271 e. The van der Waals surface area contributed by atoms with Gasteiger partial charge in [0.05, 0.1) is 5.69 Å². The number of H-pyrrole nitrogens is 1. The summed E-state index contributed by atoms with van der Waals surface area (Å²) in [5.41, 5.74) is 7.80. The summed E-state index contributed by atoms with van der Waals surface area (Å²) >= 11 is 0. The minimum Gasteiger partial charge on any atom is -0.399 e. The van der Waals surface area contributed by atoms with Crippen LogP contribution in [0.15, 0.2) is 35.1 Å². The van der Waals surface area contributed by atoms with Crippen molar-refractivity contribution in [2.45, 2.75) is 6.92 Å². The number of halogens is 2. The molecule has 1 heterocycles. The molecule has 4 nitrogen and oxygen atoms in total. The lowest BCUT2D eigenvalue weighted by Crippen LogP contribution is -2.13. The quantitative estimate of drug-likeness (QED) is 0.771. The van der Waals surface area contributed by atoms with Gasteiger partial charge in [0.1, 0.15) is 0 Å². The molecule has 1 aromatic carbocycles. The highest BCUT2D eigenvalue weighted by molar-refractivity contribution is 5.85. The first-order valence-electron chi connectivity index (χ1n) is 4.31. The summed E-state index contributed by atoms with van der Waals surface area (Å²) in [5, 5.41) is 2.94. The minimum atomic E-state index is -0.0627. The van der Waals surface area contributed by atoms with Gasteiger partial charge in [-0.15, -0.1) is 24.8 Å². The van der Waals surface area contributed by atoms with E-state index in [1.54, 1.807) is 30.3 Å². The monoisotopic (exact) mass is 261 g/mol. The maximum Gasteiger partial charge on any atom is 0.271 e. The third-order valence-corrected chi connectivity index (χ3v) is 2.00. The lowest BCUT2D eigenvalue weighted by Gasteiger charge is -2.01. The SMILES string of the molecule is Cc1cc(=O)n(-c2ccc(N)cc2)[nH]1.Cl.Cl. The molecule has 0 fully saturated rings. The second-order valence-electron chi connectivity index (χ2n) is 3.20. The topological polar surface area (TPSA) is 63.8 Å². The molecule has 0 unspecified atom stereocenters. The van der Waals surface area contributed by atoms with Crippen molar-refractivity contribution in [3.8, 4) is 5.69 Å². The largest absolute Gasteiger partial charge is 0.399 e. The van der Waals surface area contributed by atoms with Crippen molar-refractivity contribution >= 4 is 30.5 Å². The third kappa shape index (κ3) is 2.81. The Morgan fingerprint density at radius 3 is 2.19 bits per heavy atom. The van der Waals surface area contributed by atoms with Gasteiger partial charge >= 0.3 is 0 Å². The molecule has 6 heteroatoms. The minimum absolute atomic E-state index is 0. The van der Waals surface area contributed by atoms with Crippen LogP contribution in [-0.4, -0.2) is 9.78 Å². The van der Waals surface area contributed by atoms with Crippen molar-refractivity contribution in [3.63, 3.8) is 0 Å².